The molecule has 0 aliphatic carbocycles. The van der Waals surface area contributed by atoms with Crippen LogP contribution < -0.4 is 10.6 Å². The molecule has 0 radical (unpaired) electrons. The molecule has 0 bridgehead atoms. The highest BCUT2D eigenvalue weighted by molar-refractivity contribution is 5.93. The van der Waals surface area contributed by atoms with Crippen molar-refractivity contribution in [2.75, 3.05) is 17.2 Å². The van der Waals surface area contributed by atoms with Crippen LogP contribution in [0.5, 0.6) is 0 Å². The van der Waals surface area contributed by atoms with E-state index in [1.54, 1.807) is 18.2 Å². The summed E-state index contributed by atoms with van der Waals surface area (Å²) >= 11 is 0. The van der Waals surface area contributed by atoms with E-state index >= 15 is 0 Å². The molecule has 1 atom stereocenters. The lowest BCUT2D eigenvalue weighted by molar-refractivity contribution is -0.114. The van der Waals surface area contributed by atoms with E-state index in [0.717, 1.165) is 37.2 Å². The molecule has 1 unspecified atom stereocenters. The number of benzene rings is 1. The highest BCUT2D eigenvalue weighted by atomic mass is 16.2. The van der Waals surface area contributed by atoms with Gasteiger partial charge in [-0.1, -0.05) is 6.92 Å². The number of hydrogen-bond acceptors (Lipinski definition) is 5. The van der Waals surface area contributed by atoms with Gasteiger partial charge in [0.15, 0.2) is 0 Å². The molecule has 2 aromatic rings. The Morgan fingerprint density at radius 1 is 1.15 bits per heavy atom. The minimum atomic E-state index is -0.113. The van der Waals surface area contributed by atoms with E-state index < -0.39 is 0 Å². The number of amides is 2. The van der Waals surface area contributed by atoms with E-state index in [0.29, 0.717) is 17.6 Å². The van der Waals surface area contributed by atoms with Gasteiger partial charge in [0.2, 0.25) is 5.91 Å². The van der Waals surface area contributed by atoms with Crippen molar-refractivity contribution in [2.24, 2.45) is 0 Å². The Kier molecular flexibility index (Phi) is 6.01. The minimum Gasteiger partial charge on any atom is -0.340 e. The summed E-state index contributed by atoms with van der Waals surface area (Å²) in [4.78, 5) is 34.3. The zero-order valence-electron chi connectivity index (χ0n) is 15.7. The van der Waals surface area contributed by atoms with Gasteiger partial charge in [-0.15, -0.1) is 0 Å². The smallest absolute Gasteiger partial charge is 0.272 e. The van der Waals surface area contributed by atoms with Gasteiger partial charge in [-0.25, -0.2) is 9.97 Å². The molecule has 7 nitrogen and oxygen atoms in total. The number of likely N-dealkylation sites (tertiary alicyclic amines) is 1. The highest BCUT2D eigenvalue weighted by Gasteiger charge is 2.27. The third-order valence-electron chi connectivity index (χ3n) is 4.72. The molecule has 3 rings (SSSR count). The molecule has 1 saturated heterocycles. The van der Waals surface area contributed by atoms with E-state index in [-0.39, 0.29) is 11.8 Å². The van der Waals surface area contributed by atoms with E-state index in [9.17, 15) is 9.59 Å². The van der Waals surface area contributed by atoms with Crippen molar-refractivity contribution in [3.05, 3.63) is 42.4 Å². The molecule has 0 saturated carbocycles. The molecular weight excluding hydrogens is 342 g/mol. The molecule has 142 valence electrons. The lowest BCUT2D eigenvalue weighted by Gasteiger charge is -2.35. The first-order valence-corrected chi connectivity index (χ1v) is 9.34. The summed E-state index contributed by atoms with van der Waals surface area (Å²) in [5, 5.41) is 5.90. The second-order valence-corrected chi connectivity index (χ2v) is 6.73. The molecule has 2 amide bonds. The first-order chi connectivity index (χ1) is 13.1. The number of carbonyl (C=O) groups is 2. The average Bonchev–Trinajstić information content (AvgIpc) is 2.69. The summed E-state index contributed by atoms with van der Waals surface area (Å²) in [6.45, 7) is 4.37. The van der Waals surface area contributed by atoms with Crippen molar-refractivity contribution in [3.63, 3.8) is 0 Å². The Morgan fingerprint density at radius 3 is 2.59 bits per heavy atom. The SMILES string of the molecule is CCC1CCCCN1C(=O)c1cc(Nc2ccc(NC(C)=O)cc2)ncn1. The van der Waals surface area contributed by atoms with Crippen molar-refractivity contribution in [3.8, 4) is 0 Å². The van der Waals surface area contributed by atoms with Gasteiger partial charge in [-0.3, -0.25) is 9.59 Å². The van der Waals surface area contributed by atoms with Gasteiger partial charge in [0.05, 0.1) is 0 Å². The topological polar surface area (TPSA) is 87.2 Å². The minimum absolute atomic E-state index is 0.0343. The monoisotopic (exact) mass is 367 g/mol. The summed E-state index contributed by atoms with van der Waals surface area (Å²) in [5.74, 6) is 0.413. The third-order valence-corrected chi connectivity index (χ3v) is 4.72. The first-order valence-electron chi connectivity index (χ1n) is 9.34. The summed E-state index contributed by atoms with van der Waals surface area (Å²) in [7, 11) is 0. The molecule has 2 N–H and O–H groups in total. The maximum Gasteiger partial charge on any atom is 0.272 e. The normalized spacial score (nSPS) is 16.7. The van der Waals surface area contributed by atoms with Crippen LogP contribution in [0.1, 0.15) is 50.0 Å². The van der Waals surface area contributed by atoms with Gasteiger partial charge < -0.3 is 15.5 Å². The van der Waals surface area contributed by atoms with Crippen molar-refractivity contribution < 1.29 is 9.59 Å². The van der Waals surface area contributed by atoms with E-state index in [1.165, 1.54) is 19.7 Å². The summed E-state index contributed by atoms with van der Waals surface area (Å²) in [6, 6.07) is 9.26. The van der Waals surface area contributed by atoms with Crippen molar-refractivity contribution in [1.29, 1.82) is 0 Å². The number of carbonyl (C=O) groups excluding carboxylic acids is 2. The number of aromatic nitrogens is 2. The van der Waals surface area contributed by atoms with Gasteiger partial charge >= 0.3 is 0 Å². The molecule has 1 aromatic heterocycles. The van der Waals surface area contributed by atoms with Gasteiger partial charge in [0.25, 0.3) is 5.91 Å². The Bertz CT molecular complexity index is 806. The maximum absolute atomic E-state index is 12.9. The van der Waals surface area contributed by atoms with Crippen molar-refractivity contribution in [2.45, 2.75) is 45.6 Å². The molecular formula is C20H25N5O2. The third kappa shape index (κ3) is 4.81. The lowest BCUT2D eigenvalue weighted by Crippen LogP contribution is -2.43. The Morgan fingerprint density at radius 2 is 1.89 bits per heavy atom. The number of nitrogens with one attached hydrogen (secondary N) is 2. The quantitative estimate of drug-likeness (QED) is 0.843. The zero-order chi connectivity index (χ0) is 19.2. The number of rotatable bonds is 5. The summed E-state index contributed by atoms with van der Waals surface area (Å²) in [6.07, 6.45) is 5.64. The van der Waals surface area contributed by atoms with Gasteiger partial charge in [-0.05, 0) is 49.9 Å². The Labute approximate surface area is 159 Å². The summed E-state index contributed by atoms with van der Waals surface area (Å²) in [5.41, 5.74) is 1.94. The molecule has 1 aliphatic heterocycles. The molecule has 0 spiro atoms. The fraction of sp³-hybridized carbons (Fsp3) is 0.400. The number of hydrogen-bond donors (Lipinski definition) is 2. The van der Waals surface area contributed by atoms with Crippen LogP contribution in [0.4, 0.5) is 17.2 Å². The number of anilines is 3. The molecule has 1 aromatic carbocycles. The van der Waals surface area contributed by atoms with Crippen LogP contribution in [0.25, 0.3) is 0 Å². The molecule has 7 heteroatoms. The second kappa shape index (κ2) is 8.62. The fourth-order valence-electron chi connectivity index (χ4n) is 3.37. The molecule has 2 heterocycles. The Hall–Kier alpha value is -2.96. The second-order valence-electron chi connectivity index (χ2n) is 6.73. The fourth-order valence-corrected chi connectivity index (χ4v) is 3.37. The molecule has 1 fully saturated rings. The van der Waals surface area contributed by atoms with Gasteiger partial charge in [0, 0.05) is 37.0 Å². The molecule has 27 heavy (non-hydrogen) atoms. The Balaban J connectivity index is 1.71. The van der Waals surface area contributed by atoms with Crippen LogP contribution in [0.15, 0.2) is 36.7 Å². The van der Waals surface area contributed by atoms with Crippen LogP contribution in [0, 0.1) is 0 Å². The standard InChI is InChI=1S/C20H25N5O2/c1-3-17-6-4-5-11-25(17)20(27)18-12-19(22-13-21-18)24-16-9-7-15(8-10-16)23-14(2)26/h7-10,12-13,17H,3-6,11H2,1-2H3,(H,23,26)(H,21,22,24). The predicted octanol–water partition coefficient (Wildman–Crippen LogP) is 3.58. The zero-order valence-corrected chi connectivity index (χ0v) is 15.7. The largest absolute Gasteiger partial charge is 0.340 e. The van der Waals surface area contributed by atoms with Crippen LogP contribution in [-0.4, -0.2) is 39.3 Å². The van der Waals surface area contributed by atoms with E-state index in [4.69, 9.17) is 0 Å². The maximum atomic E-state index is 12.9. The van der Waals surface area contributed by atoms with Crippen LogP contribution >= 0.6 is 0 Å². The lowest BCUT2D eigenvalue weighted by atomic mass is 9.99. The van der Waals surface area contributed by atoms with Crippen molar-refractivity contribution in [1.82, 2.24) is 14.9 Å². The van der Waals surface area contributed by atoms with E-state index in [2.05, 4.69) is 27.5 Å². The number of nitrogens with zero attached hydrogens (tertiary/aromatic N) is 3. The van der Waals surface area contributed by atoms with Crippen LogP contribution in [-0.2, 0) is 4.79 Å². The predicted molar refractivity (Wildman–Crippen MR) is 105 cm³/mol. The highest BCUT2D eigenvalue weighted by Crippen LogP contribution is 2.22. The van der Waals surface area contributed by atoms with Gasteiger partial charge in [0.1, 0.15) is 17.8 Å². The van der Waals surface area contributed by atoms with Gasteiger partial charge in [-0.2, -0.15) is 0 Å². The average molecular weight is 367 g/mol. The molecule has 1 aliphatic rings. The van der Waals surface area contributed by atoms with Crippen LogP contribution in [0.2, 0.25) is 0 Å². The summed E-state index contributed by atoms with van der Waals surface area (Å²) < 4.78 is 0. The van der Waals surface area contributed by atoms with E-state index in [1.807, 2.05) is 17.0 Å². The number of piperidine rings is 1. The van der Waals surface area contributed by atoms with Crippen molar-refractivity contribution >= 4 is 29.0 Å². The van der Waals surface area contributed by atoms with Crippen LogP contribution in [0.3, 0.4) is 0 Å². The first kappa shape index (κ1) is 18.8.